The topological polar surface area (TPSA) is 8.17 Å². The van der Waals surface area contributed by atoms with E-state index in [0.717, 1.165) is 22.7 Å². The van der Waals surface area contributed by atoms with Gasteiger partial charge in [-0.2, -0.15) is 0 Å². The van der Waals surface area contributed by atoms with Gasteiger partial charge in [-0.05, 0) is 117 Å². The monoisotopic (exact) mass is 714 g/mol. The van der Waals surface area contributed by atoms with Gasteiger partial charge in [-0.1, -0.05) is 158 Å². The van der Waals surface area contributed by atoms with E-state index in [1.807, 2.05) is 0 Å². The summed E-state index contributed by atoms with van der Waals surface area (Å²) >= 11 is 0. The smallest absolute Gasteiger partial charge is 0.0541 e. The molecule has 0 amide bonds. The molecule has 0 aliphatic heterocycles. The van der Waals surface area contributed by atoms with Crippen LogP contribution in [0.1, 0.15) is 0 Å². The van der Waals surface area contributed by atoms with Gasteiger partial charge in [0.2, 0.25) is 0 Å². The Morgan fingerprint density at radius 2 is 0.536 bits per heavy atom. The van der Waals surface area contributed by atoms with Gasteiger partial charge in [0.15, 0.2) is 0 Å². The van der Waals surface area contributed by atoms with Crippen molar-refractivity contribution in [3.63, 3.8) is 0 Å². The van der Waals surface area contributed by atoms with Crippen molar-refractivity contribution in [3.05, 3.63) is 231 Å². The van der Waals surface area contributed by atoms with Gasteiger partial charge in [0.25, 0.3) is 0 Å². The summed E-state index contributed by atoms with van der Waals surface area (Å²) in [6.07, 6.45) is 0. The number of benzene rings is 9. The summed E-state index contributed by atoms with van der Waals surface area (Å²) in [6.45, 7) is 0. The third kappa shape index (κ3) is 6.24. The van der Waals surface area contributed by atoms with E-state index in [1.165, 1.54) is 66.3 Å². The van der Waals surface area contributed by atoms with Crippen LogP contribution in [0.3, 0.4) is 0 Å². The lowest BCUT2D eigenvalue weighted by Crippen LogP contribution is -2.09. The minimum atomic E-state index is 1.10. The Bertz CT molecular complexity index is 2810. The van der Waals surface area contributed by atoms with Crippen molar-refractivity contribution in [1.82, 2.24) is 4.57 Å². The number of aromatic nitrogens is 1. The van der Waals surface area contributed by atoms with Crippen molar-refractivity contribution >= 4 is 38.9 Å². The molecule has 0 fully saturated rings. The highest BCUT2D eigenvalue weighted by Crippen LogP contribution is 2.40. The fourth-order valence-corrected chi connectivity index (χ4v) is 7.99. The van der Waals surface area contributed by atoms with Crippen molar-refractivity contribution in [2.24, 2.45) is 0 Å². The predicted molar refractivity (Wildman–Crippen MR) is 237 cm³/mol. The number of nitrogens with zero attached hydrogens (tertiary/aromatic N) is 2. The number of fused-ring (bicyclic) bond motifs is 3. The van der Waals surface area contributed by atoms with Gasteiger partial charge >= 0.3 is 0 Å². The summed E-state index contributed by atoms with van der Waals surface area (Å²) in [5.74, 6) is 0. The van der Waals surface area contributed by atoms with Crippen LogP contribution >= 0.6 is 0 Å². The van der Waals surface area contributed by atoms with E-state index in [1.54, 1.807) is 0 Å². The first-order valence-corrected chi connectivity index (χ1v) is 19.2. The second-order valence-corrected chi connectivity index (χ2v) is 14.2. The van der Waals surface area contributed by atoms with Crippen molar-refractivity contribution in [2.45, 2.75) is 0 Å². The summed E-state index contributed by atoms with van der Waals surface area (Å²) in [5, 5.41) is 2.48. The molecule has 0 atom stereocenters. The molecule has 0 bridgehead atoms. The molecule has 0 spiro atoms. The summed E-state index contributed by atoms with van der Waals surface area (Å²) in [6, 6.07) is 83.0. The molecule has 0 radical (unpaired) electrons. The summed E-state index contributed by atoms with van der Waals surface area (Å²) < 4.78 is 2.39. The molecule has 9 aromatic carbocycles. The van der Waals surface area contributed by atoms with Crippen LogP contribution in [0.5, 0.6) is 0 Å². The first-order chi connectivity index (χ1) is 27.8. The molecule has 0 N–H and O–H groups in total. The summed E-state index contributed by atoms with van der Waals surface area (Å²) in [5.41, 5.74) is 16.5. The summed E-state index contributed by atoms with van der Waals surface area (Å²) in [7, 11) is 0. The lowest BCUT2D eigenvalue weighted by molar-refractivity contribution is 1.18. The molecule has 56 heavy (non-hydrogen) atoms. The molecular formula is C54H38N2. The van der Waals surface area contributed by atoms with Crippen LogP contribution in [0.15, 0.2) is 231 Å². The summed E-state index contributed by atoms with van der Waals surface area (Å²) in [4.78, 5) is 2.34. The molecule has 10 aromatic rings. The normalized spacial score (nSPS) is 11.2. The Morgan fingerprint density at radius 3 is 0.911 bits per heavy atom. The van der Waals surface area contributed by atoms with Crippen molar-refractivity contribution in [1.29, 1.82) is 0 Å². The second-order valence-electron chi connectivity index (χ2n) is 14.2. The minimum absolute atomic E-state index is 1.10. The van der Waals surface area contributed by atoms with E-state index in [9.17, 15) is 0 Å². The average molecular weight is 715 g/mol. The van der Waals surface area contributed by atoms with E-state index in [0.29, 0.717) is 0 Å². The maximum absolute atomic E-state index is 2.39. The lowest BCUT2D eigenvalue weighted by atomic mass is 10.00. The SMILES string of the molecule is c1ccc(-c2ccc(N(c3ccc(-c4ccccc4)cc3)c3ccc(-c4ccc5c(c4)c4cc(-c6ccccc6)ccc4n5-c4ccccc4)cc3)cc2)cc1. The number of hydrogen-bond donors (Lipinski definition) is 0. The standard InChI is InChI=1S/C54H38N2/c1-5-13-39(14-6-1)42-21-29-48(30-22-42)55(49-31-23-43(24-32-49)40-15-7-2-8-16-40)50-33-25-44(26-34-50)46-28-36-54-52(38-46)51-37-45(41-17-9-3-10-18-41)27-35-53(51)56(54)47-19-11-4-12-20-47/h1-38H. The second kappa shape index (κ2) is 14.4. The van der Waals surface area contributed by atoms with Gasteiger partial charge in [-0.25, -0.2) is 0 Å². The first-order valence-electron chi connectivity index (χ1n) is 19.2. The maximum atomic E-state index is 2.39. The molecule has 10 rings (SSSR count). The number of rotatable bonds is 8. The molecule has 0 aliphatic carbocycles. The minimum Gasteiger partial charge on any atom is -0.311 e. The highest BCUT2D eigenvalue weighted by Gasteiger charge is 2.17. The van der Waals surface area contributed by atoms with E-state index in [4.69, 9.17) is 0 Å². The lowest BCUT2D eigenvalue weighted by Gasteiger charge is -2.26. The average Bonchev–Trinajstić information content (AvgIpc) is 3.61. The number of hydrogen-bond acceptors (Lipinski definition) is 1. The maximum Gasteiger partial charge on any atom is 0.0541 e. The fraction of sp³-hybridized carbons (Fsp3) is 0. The van der Waals surface area contributed by atoms with Crippen LogP contribution in [-0.2, 0) is 0 Å². The third-order valence-corrected chi connectivity index (χ3v) is 10.8. The van der Waals surface area contributed by atoms with E-state index in [2.05, 4.69) is 240 Å². The Kier molecular flexibility index (Phi) is 8.55. The van der Waals surface area contributed by atoms with Crippen LogP contribution in [0.4, 0.5) is 17.1 Å². The molecule has 0 unspecified atom stereocenters. The van der Waals surface area contributed by atoms with Crippen molar-refractivity contribution in [2.75, 3.05) is 4.90 Å². The highest BCUT2D eigenvalue weighted by atomic mass is 15.1. The zero-order valence-corrected chi connectivity index (χ0v) is 30.8. The Morgan fingerprint density at radius 1 is 0.250 bits per heavy atom. The van der Waals surface area contributed by atoms with Gasteiger partial charge in [-0.15, -0.1) is 0 Å². The molecule has 0 aliphatic rings. The molecule has 0 saturated heterocycles. The van der Waals surface area contributed by atoms with Crippen LogP contribution in [0.25, 0.3) is 72.0 Å². The van der Waals surface area contributed by atoms with Gasteiger partial charge in [0.1, 0.15) is 0 Å². The quantitative estimate of drug-likeness (QED) is 0.152. The third-order valence-electron chi connectivity index (χ3n) is 10.8. The molecule has 0 saturated carbocycles. The van der Waals surface area contributed by atoms with E-state index >= 15 is 0 Å². The van der Waals surface area contributed by atoms with Crippen LogP contribution in [0, 0.1) is 0 Å². The Hall–Kier alpha value is -7.42. The van der Waals surface area contributed by atoms with E-state index < -0.39 is 0 Å². The highest BCUT2D eigenvalue weighted by molar-refractivity contribution is 6.11. The molecule has 2 nitrogen and oxygen atoms in total. The molecule has 2 heteroatoms. The van der Waals surface area contributed by atoms with Crippen LogP contribution in [0.2, 0.25) is 0 Å². The number of anilines is 3. The first kappa shape index (κ1) is 33.2. The molecule has 264 valence electrons. The Labute approximate surface area is 327 Å². The van der Waals surface area contributed by atoms with Gasteiger partial charge in [0.05, 0.1) is 11.0 Å². The van der Waals surface area contributed by atoms with E-state index in [-0.39, 0.29) is 0 Å². The van der Waals surface area contributed by atoms with Gasteiger partial charge < -0.3 is 9.47 Å². The molecule has 1 heterocycles. The zero-order chi connectivity index (χ0) is 37.3. The molecular weight excluding hydrogens is 677 g/mol. The van der Waals surface area contributed by atoms with Gasteiger partial charge in [-0.3, -0.25) is 0 Å². The largest absolute Gasteiger partial charge is 0.311 e. The Balaban J connectivity index is 1.05. The van der Waals surface area contributed by atoms with Crippen molar-refractivity contribution < 1.29 is 0 Å². The predicted octanol–water partition coefficient (Wildman–Crippen LogP) is 14.9. The fourth-order valence-electron chi connectivity index (χ4n) is 7.99. The number of para-hydroxylation sites is 1. The zero-order valence-electron chi connectivity index (χ0n) is 30.8. The van der Waals surface area contributed by atoms with Crippen molar-refractivity contribution in [3.8, 4) is 50.2 Å². The van der Waals surface area contributed by atoms with Gasteiger partial charge in [0, 0.05) is 33.5 Å². The van der Waals surface area contributed by atoms with Crippen LogP contribution in [-0.4, -0.2) is 4.57 Å². The van der Waals surface area contributed by atoms with Crippen LogP contribution < -0.4 is 4.90 Å². The molecule has 1 aromatic heterocycles.